The van der Waals surface area contributed by atoms with Gasteiger partial charge in [-0.2, -0.15) is 0 Å². The third-order valence-electron chi connectivity index (χ3n) is 4.47. The molecule has 4 rings (SSSR count). The van der Waals surface area contributed by atoms with Gasteiger partial charge in [0, 0.05) is 42.3 Å². The summed E-state index contributed by atoms with van der Waals surface area (Å²) in [6, 6.07) is 11.3. The Hall–Kier alpha value is -4.01. The molecule has 166 valence electrons. The van der Waals surface area contributed by atoms with Gasteiger partial charge < -0.3 is 15.0 Å². The molecule has 1 aromatic carbocycles. The number of urea groups is 1. The van der Waals surface area contributed by atoms with Gasteiger partial charge >= 0.3 is 6.03 Å². The number of carbonyl (C=O) groups excluding carboxylic acids is 1. The lowest BCUT2D eigenvalue weighted by Gasteiger charge is -2.09. The predicted octanol–water partition coefficient (Wildman–Crippen LogP) is 4.81. The van der Waals surface area contributed by atoms with Gasteiger partial charge in [-0.1, -0.05) is 6.07 Å². The fourth-order valence-corrected chi connectivity index (χ4v) is 3.20. The van der Waals surface area contributed by atoms with Gasteiger partial charge in [-0.05, 0) is 43.7 Å². The van der Waals surface area contributed by atoms with Crippen molar-refractivity contribution in [2.45, 2.75) is 13.8 Å². The Kier molecular flexibility index (Phi) is 7.69. The number of imidazole rings is 1. The summed E-state index contributed by atoms with van der Waals surface area (Å²) >= 11 is 0. The molecule has 0 aliphatic carbocycles. The highest BCUT2D eigenvalue weighted by Gasteiger charge is 2.15. The zero-order valence-electron chi connectivity index (χ0n) is 18.1. The molecule has 0 fully saturated rings. The second-order valence-corrected chi connectivity index (χ2v) is 6.54. The van der Waals surface area contributed by atoms with Gasteiger partial charge in [-0.15, -0.1) is 0 Å². The fourth-order valence-electron chi connectivity index (χ4n) is 3.20. The number of amides is 2. The molecule has 0 aliphatic heterocycles. The summed E-state index contributed by atoms with van der Waals surface area (Å²) < 4.78 is 15.1. The Bertz CT molecular complexity index is 1180. The van der Waals surface area contributed by atoms with Crippen molar-refractivity contribution in [3.63, 3.8) is 0 Å². The van der Waals surface area contributed by atoms with Gasteiger partial charge in [0.2, 0.25) is 5.95 Å². The number of hydrogen-bond donors (Lipinski definition) is 3. The Morgan fingerprint density at radius 3 is 2.69 bits per heavy atom. The van der Waals surface area contributed by atoms with Gasteiger partial charge in [0.15, 0.2) is 0 Å². The van der Waals surface area contributed by atoms with Crippen molar-refractivity contribution in [2.75, 3.05) is 25.6 Å². The van der Waals surface area contributed by atoms with Crippen LogP contribution in [0.3, 0.4) is 0 Å². The average molecular weight is 436 g/mol. The number of benzene rings is 1. The van der Waals surface area contributed by atoms with E-state index >= 15 is 0 Å². The Labute approximate surface area is 185 Å². The first-order chi connectivity index (χ1) is 15.7. The van der Waals surface area contributed by atoms with E-state index in [1.54, 1.807) is 18.6 Å². The first-order valence-electron chi connectivity index (χ1n) is 10.1. The Morgan fingerprint density at radius 1 is 1.12 bits per heavy atom. The van der Waals surface area contributed by atoms with E-state index in [1.165, 1.54) is 0 Å². The van der Waals surface area contributed by atoms with E-state index in [0.29, 0.717) is 31.8 Å². The van der Waals surface area contributed by atoms with Crippen LogP contribution >= 0.6 is 0 Å². The molecule has 9 heteroatoms. The predicted molar refractivity (Wildman–Crippen MR) is 123 cm³/mol. The van der Waals surface area contributed by atoms with E-state index in [9.17, 15) is 9.18 Å². The highest BCUT2D eigenvalue weighted by atomic mass is 19.1. The number of ether oxygens (including phenoxy) is 1. The summed E-state index contributed by atoms with van der Waals surface area (Å²) in [5.41, 5.74) is 4.97. The molecule has 3 heterocycles. The standard InChI is InChI=1S/C22H22N6O2.CH3F/c1-3-24-22(29)28-21-26-19-11-15(14-6-5-8-23-13-14)10-17(20(19)27-21)18-12-16(30-4-2)7-9-25-18;1-2/h5-13H,3-4H2,1-2H3,(H3,24,26,27,28,29);1H3. The molecule has 0 bridgehead atoms. The zero-order chi connectivity index (χ0) is 22.9. The topological polar surface area (TPSA) is 105 Å². The van der Waals surface area contributed by atoms with E-state index in [4.69, 9.17) is 4.74 Å². The molecule has 0 unspecified atom stereocenters. The van der Waals surface area contributed by atoms with Crippen LogP contribution in [-0.2, 0) is 0 Å². The second kappa shape index (κ2) is 10.9. The minimum absolute atomic E-state index is 0.318. The lowest BCUT2D eigenvalue weighted by Crippen LogP contribution is -2.28. The van der Waals surface area contributed by atoms with E-state index in [-0.39, 0.29) is 6.03 Å². The molecule has 0 radical (unpaired) electrons. The van der Waals surface area contributed by atoms with Crippen LogP contribution in [0, 0.1) is 0 Å². The van der Waals surface area contributed by atoms with Crippen molar-refractivity contribution in [3.05, 3.63) is 55.0 Å². The molecule has 8 nitrogen and oxygen atoms in total. The van der Waals surface area contributed by atoms with Crippen molar-refractivity contribution in [3.8, 4) is 28.1 Å². The lowest BCUT2D eigenvalue weighted by atomic mass is 10.0. The van der Waals surface area contributed by atoms with Crippen LogP contribution in [0.1, 0.15) is 13.8 Å². The van der Waals surface area contributed by atoms with E-state index < -0.39 is 0 Å². The molecular weight excluding hydrogens is 411 g/mol. The van der Waals surface area contributed by atoms with E-state index in [0.717, 1.165) is 33.7 Å². The van der Waals surface area contributed by atoms with Crippen LogP contribution in [0.2, 0.25) is 0 Å². The molecule has 3 aromatic heterocycles. The number of anilines is 1. The molecule has 0 saturated heterocycles. The Morgan fingerprint density at radius 2 is 1.97 bits per heavy atom. The fraction of sp³-hybridized carbons (Fsp3) is 0.217. The van der Waals surface area contributed by atoms with Crippen molar-refractivity contribution >= 4 is 23.0 Å². The summed E-state index contributed by atoms with van der Waals surface area (Å²) in [7, 11) is 0.500. The van der Waals surface area contributed by atoms with Gasteiger partial charge in [-0.3, -0.25) is 19.7 Å². The van der Waals surface area contributed by atoms with Crippen molar-refractivity contribution in [2.24, 2.45) is 0 Å². The van der Waals surface area contributed by atoms with Crippen LogP contribution in [0.4, 0.5) is 15.1 Å². The number of pyridine rings is 2. The van der Waals surface area contributed by atoms with Crippen molar-refractivity contribution in [1.82, 2.24) is 25.3 Å². The number of alkyl halides is 1. The maximum Gasteiger partial charge on any atom is 0.321 e. The molecule has 0 spiro atoms. The third kappa shape index (κ3) is 5.18. The number of rotatable bonds is 6. The molecule has 3 N–H and O–H groups in total. The van der Waals surface area contributed by atoms with Gasteiger partial charge in [-0.25, -0.2) is 9.78 Å². The van der Waals surface area contributed by atoms with Crippen LogP contribution in [-0.4, -0.2) is 46.3 Å². The third-order valence-corrected chi connectivity index (χ3v) is 4.47. The maximum absolute atomic E-state index is 11.9. The summed E-state index contributed by atoms with van der Waals surface area (Å²) in [5.74, 6) is 1.10. The lowest BCUT2D eigenvalue weighted by molar-refractivity contribution is 0.252. The number of aromatic nitrogens is 4. The number of fused-ring (bicyclic) bond motifs is 1. The summed E-state index contributed by atoms with van der Waals surface area (Å²) in [6.07, 6.45) is 5.25. The minimum atomic E-state index is -0.318. The van der Waals surface area contributed by atoms with Gasteiger partial charge in [0.05, 0.1) is 30.5 Å². The summed E-state index contributed by atoms with van der Waals surface area (Å²) in [5, 5.41) is 5.42. The number of hydrogen-bond acceptors (Lipinski definition) is 5. The van der Waals surface area contributed by atoms with Crippen LogP contribution in [0.5, 0.6) is 5.75 Å². The van der Waals surface area contributed by atoms with E-state index in [2.05, 4.69) is 30.6 Å². The largest absolute Gasteiger partial charge is 0.494 e. The van der Waals surface area contributed by atoms with Crippen molar-refractivity contribution in [1.29, 1.82) is 0 Å². The average Bonchev–Trinajstić information content (AvgIpc) is 3.23. The number of nitrogens with zero attached hydrogens (tertiary/aromatic N) is 3. The molecule has 0 aliphatic rings. The number of aromatic amines is 1. The highest BCUT2D eigenvalue weighted by molar-refractivity contribution is 5.98. The SMILES string of the molecule is CCNC(=O)Nc1nc2c(-c3cc(OCC)ccn3)cc(-c3cccnc3)cc2[nH]1.CF. The molecule has 32 heavy (non-hydrogen) atoms. The van der Waals surface area contributed by atoms with Crippen LogP contribution < -0.4 is 15.4 Å². The quantitative estimate of drug-likeness (QED) is 0.402. The van der Waals surface area contributed by atoms with Crippen LogP contribution in [0.25, 0.3) is 33.4 Å². The minimum Gasteiger partial charge on any atom is -0.494 e. The number of halogens is 1. The van der Waals surface area contributed by atoms with Gasteiger partial charge in [0.1, 0.15) is 5.75 Å². The molecule has 4 aromatic rings. The molecule has 0 atom stereocenters. The zero-order valence-corrected chi connectivity index (χ0v) is 18.1. The second-order valence-electron chi connectivity index (χ2n) is 6.54. The monoisotopic (exact) mass is 436 g/mol. The van der Waals surface area contributed by atoms with Crippen LogP contribution in [0.15, 0.2) is 55.0 Å². The molecule has 2 amide bonds. The maximum atomic E-state index is 11.9. The van der Waals surface area contributed by atoms with Crippen molar-refractivity contribution < 1.29 is 13.9 Å². The Balaban J connectivity index is 0.00000141. The number of carbonyl (C=O) groups is 1. The van der Waals surface area contributed by atoms with Gasteiger partial charge in [0.25, 0.3) is 0 Å². The highest BCUT2D eigenvalue weighted by Crippen LogP contribution is 2.33. The van der Waals surface area contributed by atoms with E-state index in [1.807, 2.05) is 50.2 Å². The summed E-state index contributed by atoms with van der Waals surface area (Å²) in [6.45, 7) is 4.88. The number of H-pyrrole nitrogens is 1. The summed E-state index contributed by atoms with van der Waals surface area (Å²) in [4.78, 5) is 28.5. The molecular formula is C23H25FN6O2. The number of nitrogens with one attached hydrogen (secondary N) is 3. The normalized spacial score (nSPS) is 10.2. The smallest absolute Gasteiger partial charge is 0.321 e. The first-order valence-corrected chi connectivity index (χ1v) is 10.1. The first kappa shape index (κ1) is 22.7. The molecule has 0 saturated carbocycles.